The highest BCUT2D eigenvalue weighted by Gasteiger charge is 2.26. The largest absolute Gasteiger partial charge is 0.358 e. The molecular formula is C21H19FN8. The van der Waals surface area contributed by atoms with Gasteiger partial charge in [-0.3, -0.25) is 9.55 Å². The van der Waals surface area contributed by atoms with Crippen LogP contribution in [0.3, 0.4) is 0 Å². The van der Waals surface area contributed by atoms with E-state index >= 15 is 0 Å². The second kappa shape index (κ2) is 7.18. The Bertz CT molecular complexity index is 1330. The lowest BCUT2D eigenvalue weighted by Crippen LogP contribution is -2.22. The molecule has 0 bridgehead atoms. The van der Waals surface area contributed by atoms with Gasteiger partial charge in [-0.2, -0.15) is 0 Å². The second-order valence-corrected chi connectivity index (χ2v) is 7.34. The minimum atomic E-state index is -0.317. The van der Waals surface area contributed by atoms with Crippen LogP contribution < -0.4 is 5.32 Å². The molecule has 4 aromatic heterocycles. The Hall–Kier alpha value is -3.88. The molecule has 0 amide bonds. The molecule has 0 radical (unpaired) electrons. The number of fused-ring (bicyclic) bond motifs is 2. The molecule has 0 aliphatic heterocycles. The van der Waals surface area contributed by atoms with Gasteiger partial charge in [0, 0.05) is 12.3 Å². The summed E-state index contributed by atoms with van der Waals surface area (Å²) in [6.45, 7) is 4.18. The van der Waals surface area contributed by atoms with Crippen LogP contribution in [0.4, 0.5) is 10.2 Å². The molecule has 5 aromatic rings. The zero-order valence-electron chi connectivity index (χ0n) is 16.4. The fourth-order valence-electron chi connectivity index (χ4n) is 3.58. The number of benzene rings is 1. The van der Waals surface area contributed by atoms with E-state index in [1.54, 1.807) is 24.8 Å². The van der Waals surface area contributed by atoms with Gasteiger partial charge in [-0.15, -0.1) is 0 Å². The minimum absolute atomic E-state index is 0.144. The third-order valence-electron chi connectivity index (χ3n) is 5.00. The summed E-state index contributed by atoms with van der Waals surface area (Å²) in [6, 6.07) is 8.15. The molecular weight excluding hydrogens is 383 g/mol. The first kappa shape index (κ1) is 18.2. The van der Waals surface area contributed by atoms with Crippen LogP contribution in [-0.2, 0) is 0 Å². The number of nitrogens with one attached hydrogen (secondary N) is 2. The number of hydrogen-bond acceptors (Lipinski definition) is 6. The molecule has 0 spiro atoms. The number of hydrogen-bond donors (Lipinski definition) is 2. The van der Waals surface area contributed by atoms with Gasteiger partial charge in [0.15, 0.2) is 11.5 Å². The van der Waals surface area contributed by atoms with Gasteiger partial charge >= 0.3 is 0 Å². The first-order valence-corrected chi connectivity index (χ1v) is 9.60. The van der Waals surface area contributed by atoms with Crippen molar-refractivity contribution in [1.82, 2.24) is 34.5 Å². The topological polar surface area (TPSA) is 97.2 Å². The minimum Gasteiger partial charge on any atom is -0.358 e. The summed E-state index contributed by atoms with van der Waals surface area (Å²) in [7, 11) is 0. The smallest absolute Gasteiger partial charge is 0.162 e. The standard InChI is InChI=1S/C21H19FN8/c1-12(2)17(29-20-18-19(25-10-24-18)26-11-27-20)21-28-15-6-5-13(22)8-16(15)30(21)14-4-3-7-23-9-14/h3-12,17H,1-2H3,(H2,24,25,26,27,29). The SMILES string of the molecule is CC(C)C(Nc1ncnc2[nH]cnc12)c1nc2ccc(F)cc2n1-c1cccnc1. The monoisotopic (exact) mass is 402 g/mol. The van der Waals surface area contributed by atoms with Crippen LogP contribution in [0.1, 0.15) is 25.7 Å². The highest BCUT2D eigenvalue weighted by atomic mass is 19.1. The highest BCUT2D eigenvalue weighted by Crippen LogP contribution is 2.32. The zero-order valence-corrected chi connectivity index (χ0v) is 16.4. The van der Waals surface area contributed by atoms with Crippen LogP contribution in [0.2, 0.25) is 0 Å². The summed E-state index contributed by atoms with van der Waals surface area (Å²) in [6.07, 6.45) is 6.52. The van der Waals surface area contributed by atoms with E-state index < -0.39 is 0 Å². The number of H-pyrrole nitrogens is 1. The number of aromatic amines is 1. The van der Waals surface area contributed by atoms with Crippen molar-refractivity contribution in [2.24, 2.45) is 5.92 Å². The van der Waals surface area contributed by atoms with Gasteiger partial charge in [0.1, 0.15) is 23.5 Å². The Morgan fingerprint density at radius 1 is 1.13 bits per heavy atom. The van der Waals surface area contributed by atoms with E-state index in [0.717, 1.165) is 11.5 Å². The van der Waals surface area contributed by atoms with Gasteiger partial charge in [-0.1, -0.05) is 13.8 Å². The van der Waals surface area contributed by atoms with Gasteiger partial charge < -0.3 is 10.3 Å². The second-order valence-electron chi connectivity index (χ2n) is 7.34. The Morgan fingerprint density at radius 2 is 2.03 bits per heavy atom. The predicted molar refractivity (Wildman–Crippen MR) is 112 cm³/mol. The van der Waals surface area contributed by atoms with Crippen molar-refractivity contribution >= 4 is 28.0 Å². The molecule has 9 heteroatoms. The van der Waals surface area contributed by atoms with E-state index in [1.165, 1.54) is 18.5 Å². The summed E-state index contributed by atoms with van der Waals surface area (Å²) < 4.78 is 16.0. The van der Waals surface area contributed by atoms with Crippen LogP contribution in [0.15, 0.2) is 55.4 Å². The summed E-state index contributed by atoms with van der Waals surface area (Å²) in [5.41, 5.74) is 3.49. The molecule has 0 saturated heterocycles. The molecule has 1 aromatic carbocycles. The maximum atomic E-state index is 14.1. The Morgan fingerprint density at radius 3 is 2.83 bits per heavy atom. The molecule has 8 nitrogen and oxygen atoms in total. The molecule has 1 unspecified atom stereocenters. The van der Waals surface area contributed by atoms with Crippen molar-refractivity contribution in [3.8, 4) is 5.69 Å². The first-order valence-electron chi connectivity index (χ1n) is 9.60. The van der Waals surface area contributed by atoms with Crippen LogP contribution >= 0.6 is 0 Å². The van der Waals surface area contributed by atoms with Crippen molar-refractivity contribution < 1.29 is 4.39 Å². The number of anilines is 1. The number of imidazole rings is 2. The van der Waals surface area contributed by atoms with Gasteiger partial charge in [0.2, 0.25) is 0 Å². The summed E-state index contributed by atoms with van der Waals surface area (Å²) in [4.78, 5) is 25.0. The van der Waals surface area contributed by atoms with Crippen molar-refractivity contribution in [1.29, 1.82) is 0 Å². The van der Waals surface area contributed by atoms with E-state index in [-0.39, 0.29) is 17.8 Å². The van der Waals surface area contributed by atoms with Crippen LogP contribution in [-0.4, -0.2) is 34.5 Å². The lowest BCUT2D eigenvalue weighted by Gasteiger charge is -2.23. The number of nitrogens with zero attached hydrogens (tertiary/aromatic N) is 6. The van der Waals surface area contributed by atoms with Gasteiger partial charge in [0.05, 0.1) is 35.3 Å². The quantitative estimate of drug-likeness (QED) is 0.461. The van der Waals surface area contributed by atoms with E-state index in [0.29, 0.717) is 28.0 Å². The molecule has 4 heterocycles. The van der Waals surface area contributed by atoms with E-state index in [9.17, 15) is 4.39 Å². The first-order chi connectivity index (χ1) is 14.6. The number of aromatic nitrogens is 7. The van der Waals surface area contributed by atoms with Gasteiger partial charge in [0.25, 0.3) is 0 Å². The summed E-state index contributed by atoms with van der Waals surface area (Å²) in [5, 5.41) is 3.48. The van der Waals surface area contributed by atoms with E-state index in [1.807, 2.05) is 16.7 Å². The maximum absolute atomic E-state index is 14.1. The fraction of sp³-hybridized carbons (Fsp3) is 0.190. The average Bonchev–Trinajstić information content (AvgIpc) is 3.37. The molecule has 0 saturated carbocycles. The Labute approximate surface area is 171 Å². The van der Waals surface area contributed by atoms with E-state index in [4.69, 9.17) is 4.98 Å². The van der Waals surface area contributed by atoms with Crippen molar-refractivity contribution in [3.63, 3.8) is 0 Å². The molecule has 0 aliphatic rings. The normalized spacial score (nSPS) is 12.7. The third-order valence-corrected chi connectivity index (χ3v) is 5.00. The van der Waals surface area contributed by atoms with Crippen molar-refractivity contribution in [2.75, 3.05) is 5.32 Å². The molecule has 2 N–H and O–H groups in total. The highest BCUT2D eigenvalue weighted by molar-refractivity contribution is 5.82. The lowest BCUT2D eigenvalue weighted by molar-refractivity contribution is 0.516. The molecule has 150 valence electrons. The molecule has 1 atom stereocenters. The van der Waals surface area contributed by atoms with Crippen molar-refractivity contribution in [2.45, 2.75) is 19.9 Å². The molecule has 0 fully saturated rings. The maximum Gasteiger partial charge on any atom is 0.162 e. The molecule has 0 aliphatic carbocycles. The van der Waals surface area contributed by atoms with Crippen molar-refractivity contribution in [3.05, 3.63) is 67.0 Å². The fourth-order valence-corrected chi connectivity index (χ4v) is 3.58. The average molecular weight is 402 g/mol. The number of pyridine rings is 1. The van der Waals surface area contributed by atoms with Crippen LogP contribution in [0, 0.1) is 11.7 Å². The van der Waals surface area contributed by atoms with Gasteiger partial charge in [-0.25, -0.2) is 24.3 Å². The third kappa shape index (κ3) is 3.04. The predicted octanol–water partition coefficient (Wildman–Crippen LogP) is 4.04. The zero-order chi connectivity index (χ0) is 20.7. The Balaban J connectivity index is 1.70. The Kier molecular flexibility index (Phi) is 4.35. The number of rotatable bonds is 5. The lowest BCUT2D eigenvalue weighted by atomic mass is 10.0. The molecule has 5 rings (SSSR count). The van der Waals surface area contributed by atoms with Gasteiger partial charge in [-0.05, 0) is 30.2 Å². The molecule has 30 heavy (non-hydrogen) atoms. The van der Waals surface area contributed by atoms with Crippen LogP contribution in [0.25, 0.3) is 27.9 Å². The summed E-state index contributed by atoms with van der Waals surface area (Å²) >= 11 is 0. The number of halogens is 1. The van der Waals surface area contributed by atoms with E-state index in [2.05, 4.69) is 44.1 Å². The summed E-state index contributed by atoms with van der Waals surface area (Å²) in [5.74, 6) is 1.17. The van der Waals surface area contributed by atoms with Crippen LogP contribution in [0.5, 0.6) is 0 Å².